The van der Waals surface area contributed by atoms with Crippen molar-refractivity contribution in [3.63, 3.8) is 0 Å². The van der Waals surface area contributed by atoms with Gasteiger partial charge in [0.2, 0.25) is 10.0 Å². The van der Waals surface area contributed by atoms with E-state index in [1.165, 1.54) is 49.6 Å². The van der Waals surface area contributed by atoms with E-state index in [-0.39, 0.29) is 16.6 Å². The lowest BCUT2D eigenvalue weighted by molar-refractivity contribution is 0.0767. The number of benzene rings is 1. The molecule has 0 N–H and O–H groups in total. The van der Waals surface area contributed by atoms with Gasteiger partial charge < -0.3 is 14.5 Å². The van der Waals surface area contributed by atoms with E-state index < -0.39 is 10.0 Å². The van der Waals surface area contributed by atoms with Crippen molar-refractivity contribution in [1.29, 1.82) is 0 Å². The third-order valence-corrected chi connectivity index (χ3v) is 8.85. The Kier molecular flexibility index (Phi) is 8.96. The number of carbonyl (C=O) groups excluding carboxylic acids is 1. The number of sulfonamides is 1. The maximum absolute atomic E-state index is 13.4. The molecule has 32 heavy (non-hydrogen) atoms. The van der Waals surface area contributed by atoms with Crippen LogP contribution < -0.4 is 4.74 Å². The number of amides is 1. The van der Waals surface area contributed by atoms with Crippen LogP contribution in [0.1, 0.15) is 68.1 Å². The van der Waals surface area contributed by atoms with E-state index in [4.69, 9.17) is 4.74 Å². The standard InChI is InChI=1S/C24H39N3O4S/c1-25(21-11-7-6-8-12-21)17-18-26(2)24(28)20-13-14-22(31-3)23(19-20)32(29,30)27-15-9-4-5-10-16-27/h13-14,19,21H,4-12,15-18H2,1-3H3. The largest absolute Gasteiger partial charge is 0.495 e. The number of nitrogens with zero attached hydrogens (tertiary/aromatic N) is 3. The Bertz CT molecular complexity index is 860. The second-order valence-electron chi connectivity index (χ2n) is 9.18. The minimum absolute atomic E-state index is 0.0838. The van der Waals surface area contributed by atoms with Crippen molar-refractivity contribution in [1.82, 2.24) is 14.1 Å². The van der Waals surface area contributed by atoms with Gasteiger partial charge in [0.15, 0.2) is 0 Å². The lowest BCUT2D eigenvalue weighted by Gasteiger charge is -2.32. The van der Waals surface area contributed by atoms with Crippen molar-refractivity contribution >= 4 is 15.9 Å². The van der Waals surface area contributed by atoms with Gasteiger partial charge in [-0.15, -0.1) is 0 Å². The van der Waals surface area contributed by atoms with Crippen LogP contribution >= 0.6 is 0 Å². The second-order valence-corrected chi connectivity index (χ2v) is 11.1. The molecule has 2 aliphatic rings. The van der Waals surface area contributed by atoms with Gasteiger partial charge in [-0.25, -0.2) is 8.42 Å². The van der Waals surface area contributed by atoms with Crippen LogP contribution in [0.15, 0.2) is 23.1 Å². The smallest absolute Gasteiger partial charge is 0.253 e. The van der Waals surface area contributed by atoms with Crippen molar-refractivity contribution in [2.24, 2.45) is 0 Å². The van der Waals surface area contributed by atoms with E-state index in [0.717, 1.165) is 32.2 Å². The van der Waals surface area contributed by atoms with Crippen LogP contribution in [0.3, 0.4) is 0 Å². The molecule has 1 saturated heterocycles. The first-order valence-electron chi connectivity index (χ1n) is 12.0. The van der Waals surface area contributed by atoms with Crippen LogP contribution in [-0.4, -0.2) is 81.9 Å². The van der Waals surface area contributed by atoms with E-state index in [9.17, 15) is 13.2 Å². The molecule has 0 bridgehead atoms. The van der Waals surface area contributed by atoms with Gasteiger partial charge >= 0.3 is 0 Å². The Balaban J connectivity index is 1.72. The van der Waals surface area contributed by atoms with Crippen molar-refractivity contribution in [3.8, 4) is 5.75 Å². The molecular weight excluding hydrogens is 426 g/mol. The lowest BCUT2D eigenvalue weighted by atomic mass is 9.94. The minimum atomic E-state index is -3.72. The average Bonchev–Trinajstić information content (AvgIpc) is 3.12. The molecule has 7 nitrogen and oxygen atoms in total. The van der Waals surface area contributed by atoms with E-state index in [2.05, 4.69) is 11.9 Å². The van der Waals surface area contributed by atoms with Crippen LogP contribution in [0, 0.1) is 0 Å². The summed E-state index contributed by atoms with van der Waals surface area (Å²) < 4.78 is 33.6. The number of hydrogen-bond acceptors (Lipinski definition) is 5. The fourth-order valence-corrected chi connectivity index (χ4v) is 6.47. The molecule has 1 aromatic rings. The van der Waals surface area contributed by atoms with Crippen LogP contribution in [0.5, 0.6) is 5.75 Å². The maximum Gasteiger partial charge on any atom is 0.253 e. The van der Waals surface area contributed by atoms with Gasteiger partial charge in [0, 0.05) is 44.8 Å². The molecule has 1 aliphatic heterocycles. The fourth-order valence-electron chi connectivity index (χ4n) is 4.77. The number of likely N-dealkylation sites (N-methyl/N-ethyl adjacent to an activating group) is 2. The highest BCUT2D eigenvalue weighted by atomic mass is 32.2. The first kappa shape index (κ1) is 25.0. The Labute approximate surface area is 193 Å². The number of ether oxygens (including phenoxy) is 1. The van der Waals surface area contributed by atoms with Gasteiger partial charge in [-0.2, -0.15) is 4.31 Å². The van der Waals surface area contributed by atoms with Gasteiger partial charge in [-0.05, 0) is 50.9 Å². The normalized spacial score (nSPS) is 19.0. The summed E-state index contributed by atoms with van der Waals surface area (Å²) in [6, 6.07) is 5.34. The van der Waals surface area contributed by atoms with E-state index in [1.807, 2.05) is 0 Å². The van der Waals surface area contributed by atoms with Crippen LogP contribution in [0.2, 0.25) is 0 Å². The summed E-state index contributed by atoms with van der Waals surface area (Å²) in [5.74, 6) is 0.113. The minimum Gasteiger partial charge on any atom is -0.495 e. The zero-order chi connectivity index (χ0) is 23.1. The van der Waals surface area contributed by atoms with Crippen molar-refractivity contribution in [2.45, 2.75) is 68.7 Å². The molecule has 180 valence electrons. The van der Waals surface area contributed by atoms with Gasteiger partial charge in [0.1, 0.15) is 10.6 Å². The Morgan fingerprint density at radius 3 is 2.25 bits per heavy atom. The first-order valence-corrected chi connectivity index (χ1v) is 13.4. The highest BCUT2D eigenvalue weighted by molar-refractivity contribution is 7.89. The molecule has 8 heteroatoms. The summed E-state index contributed by atoms with van der Waals surface area (Å²) in [5, 5.41) is 0. The molecule has 2 fully saturated rings. The van der Waals surface area contributed by atoms with Crippen LogP contribution in [0.4, 0.5) is 0 Å². The summed E-state index contributed by atoms with van der Waals surface area (Å²) >= 11 is 0. The third kappa shape index (κ3) is 6.02. The van der Waals surface area contributed by atoms with Crippen LogP contribution in [0.25, 0.3) is 0 Å². The van der Waals surface area contributed by atoms with Gasteiger partial charge in [-0.3, -0.25) is 4.79 Å². The lowest BCUT2D eigenvalue weighted by Crippen LogP contribution is -2.40. The average molecular weight is 466 g/mol. The zero-order valence-corrected chi connectivity index (χ0v) is 20.7. The van der Waals surface area contributed by atoms with Crippen molar-refractivity contribution < 1.29 is 17.9 Å². The van der Waals surface area contributed by atoms with Crippen molar-refractivity contribution in [2.75, 3.05) is 47.4 Å². The molecule has 1 saturated carbocycles. The Morgan fingerprint density at radius 2 is 1.62 bits per heavy atom. The summed E-state index contributed by atoms with van der Waals surface area (Å²) in [6.45, 7) is 2.43. The SMILES string of the molecule is COc1ccc(C(=O)N(C)CCN(C)C2CCCCC2)cc1S(=O)(=O)N1CCCCCC1. The first-order chi connectivity index (χ1) is 15.3. The second kappa shape index (κ2) is 11.5. The molecule has 0 radical (unpaired) electrons. The van der Waals surface area contributed by atoms with Gasteiger partial charge in [0.25, 0.3) is 5.91 Å². The third-order valence-electron chi connectivity index (χ3n) is 6.93. The molecule has 1 aliphatic carbocycles. The molecule has 3 rings (SSSR count). The molecule has 1 aromatic carbocycles. The molecule has 0 unspecified atom stereocenters. The molecule has 0 spiro atoms. The maximum atomic E-state index is 13.4. The highest BCUT2D eigenvalue weighted by Gasteiger charge is 2.29. The molecule has 1 amide bonds. The summed E-state index contributed by atoms with van der Waals surface area (Å²) in [5.41, 5.74) is 0.377. The number of carbonyl (C=O) groups is 1. The Hall–Kier alpha value is -1.64. The number of methoxy groups -OCH3 is 1. The summed E-state index contributed by atoms with van der Waals surface area (Å²) in [7, 11) is 1.66. The highest BCUT2D eigenvalue weighted by Crippen LogP contribution is 2.30. The van der Waals surface area contributed by atoms with E-state index in [1.54, 1.807) is 24.1 Å². The van der Waals surface area contributed by atoms with Crippen molar-refractivity contribution in [3.05, 3.63) is 23.8 Å². The molecule has 0 aromatic heterocycles. The number of rotatable bonds is 8. The molecular formula is C24H39N3O4S. The zero-order valence-electron chi connectivity index (χ0n) is 19.9. The van der Waals surface area contributed by atoms with Crippen LogP contribution in [-0.2, 0) is 10.0 Å². The summed E-state index contributed by atoms with van der Waals surface area (Å²) in [4.78, 5) is 17.2. The number of hydrogen-bond donors (Lipinski definition) is 0. The molecule has 1 heterocycles. The monoisotopic (exact) mass is 465 g/mol. The topological polar surface area (TPSA) is 70.2 Å². The van der Waals surface area contributed by atoms with Gasteiger partial charge in [0.05, 0.1) is 7.11 Å². The predicted octanol–water partition coefficient (Wildman–Crippen LogP) is 3.60. The Morgan fingerprint density at radius 1 is 1.00 bits per heavy atom. The summed E-state index contributed by atoms with van der Waals surface area (Å²) in [6.07, 6.45) is 10.1. The van der Waals surface area contributed by atoms with E-state index >= 15 is 0 Å². The quantitative estimate of drug-likeness (QED) is 0.587. The van der Waals surface area contributed by atoms with E-state index in [0.29, 0.717) is 31.2 Å². The molecule has 0 atom stereocenters. The predicted molar refractivity (Wildman–Crippen MR) is 127 cm³/mol. The fraction of sp³-hybridized carbons (Fsp3) is 0.708. The van der Waals surface area contributed by atoms with Gasteiger partial charge in [-0.1, -0.05) is 32.1 Å².